The molecule has 1 atom stereocenters. The lowest BCUT2D eigenvalue weighted by Crippen LogP contribution is -2.30. The third-order valence-electron chi connectivity index (χ3n) is 12.7. The molecule has 0 radical (unpaired) electrons. The van der Waals surface area contributed by atoms with E-state index < -0.39 is 12.1 Å². The molecule has 0 aromatic carbocycles. The predicted octanol–water partition coefficient (Wildman–Crippen LogP) is 21.9. The molecule has 6 nitrogen and oxygen atoms in total. The van der Waals surface area contributed by atoms with Crippen molar-refractivity contribution >= 4 is 17.9 Å². The van der Waals surface area contributed by atoms with Crippen LogP contribution in [0.2, 0.25) is 0 Å². The molecule has 0 aromatic rings. The highest BCUT2D eigenvalue weighted by molar-refractivity contribution is 5.72. The number of esters is 3. The predicted molar refractivity (Wildman–Crippen MR) is 343 cm³/mol. The highest BCUT2D eigenvalue weighted by Gasteiger charge is 2.19. The fourth-order valence-corrected chi connectivity index (χ4v) is 8.06. The minimum absolute atomic E-state index is 0.0862. The minimum atomic E-state index is -0.847. The summed E-state index contributed by atoms with van der Waals surface area (Å²) < 4.78 is 16.7. The number of hydrogen-bond acceptors (Lipinski definition) is 6. The molecule has 1 unspecified atom stereocenters. The number of unbranched alkanes of at least 4 members (excludes halogenated alkanes) is 17. The Morgan fingerprint density at radius 3 is 0.848 bits per heavy atom. The van der Waals surface area contributed by atoms with E-state index in [0.29, 0.717) is 19.3 Å². The van der Waals surface area contributed by atoms with Crippen molar-refractivity contribution in [3.8, 4) is 0 Å². The number of rotatable bonds is 55. The van der Waals surface area contributed by atoms with Crippen LogP contribution in [0.25, 0.3) is 0 Å². The van der Waals surface area contributed by atoms with Crippen LogP contribution in [-0.4, -0.2) is 37.2 Å². The Bertz CT molecular complexity index is 1820. The lowest BCUT2D eigenvalue weighted by Gasteiger charge is -2.18. The summed E-state index contributed by atoms with van der Waals surface area (Å²) in [4.78, 5) is 38.1. The summed E-state index contributed by atoms with van der Waals surface area (Å²) >= 11 is 0. The molecule has 0 aliphatic heterocycles. The molecule has 6 heteroatoms. The molecule has 0 N–H and O–H groups in total. The van der Waals surface area contributed by atoms with E-state index in [1.165, 1.54) is 70.6 Å². The molecule has 442 valence electrons. The van der Waals surface area contributed by atoms with Crippen molar-refractivity contribution in [1.29, 1.82) is 0 Å². The van der Waals surface area contributed by atoms with Gasteiger partial charge < -0.3 is 14.2 Å². The number of hydrogen-bond donors (Lipinski definition) is 0. The molecular weight excluding hydrogens is 973 g/mol. The van der Waals surface area contributed by atoms with E-state index in [2.05, 4.69) is 179 Å². The van der Waals surface area contributed by atoms with Gasteiger partial charge >= 0.3 is 17.9 Å². The van der Waals surface area contributed by atoms with Crippen molar-refractivity contribution in [2.45, 2.75) is 258 Å². The van der Waals surface area contributed by atoms with Crippen LogP contribution >= 0.6 is 0 Å². The normalized spacial score (nSPS) is 13.3. The first kappa shape index (κ1) is 73.8. The zero-order valence-electron chi connectivity index (χ0n) is 50.6. The van der Waals surface area contributed by atoms with Gasteiger partial charge in [-0.1, -0.05) is 268 Å². The molecule has 0 heterocycles. The van der Waals surface area contributed by atoms with E-state index in [1.807, 2.05) is 6.08 Å². The lowest BCUT2D eigenvalue weighted by atomic mass is 10.1. The summed E-state index contributed by atoms with van der Waals surface area (Å²) in [5, 5.41) is 0. The van der Waals surface area contributed by atoms with Crippen molar-refractivity contribution in [2.24, 2.45) is 0 Å². The summed E-state index contributed by atoms with van der Waals surface area (Å²) in [6.45, 7) is 6.28. The average Bonchev–Trinajstić information content (AvgIpc) is 3.45. The number of allylic oxidation sites excluding steroid dienone is 27. The maximum absolute atomic E-state index is 12.8. The Kier molecular flexibility index (Phi) is 61.0. The van der Waals surface area contributed by atoms with Gasteiger partial charge in [0.15, 0.2) is 6.10 Å². The van der Waals surface area contributed by atoms with Crippen LogP contribution in [0.4, 0.5) is 0 Å². The maximum atomic E-state index is 12.8. The van der Waals surface area contributed by atoms with Gasteiger partial charge in [-0.3, -0.25) is 14.4 Å². The third kappa shape index (κ3) is 63.5. The molecular formula is C73H114O6. The zero-order chi connectivity index (χ0) is 57.1. The van der Waals surface area contributed by atoms with Gasteiger partial charge in [0.2, 0.25) is 0 Å². The van der Waals surface area contributed by atoms with Crippen LogP contribution in [0.5, 0.6) is 0 Å². The topological polar surface area (TPSA) is 78.9 Å². The highest BCUT2D eigenvalue weighted by atomic mass is 16.6. The molecule has 0 amide bonds. The van der Waals surface area contributed by atoms with Gasteiger partial charge in [-0.2, -0.15) is 0 Å². The van der Waals surface area contributed by atoms with Gasteiger partial charge in [-0.05, 0) is 135 Å². The number of carbonyl (C=O) groups is 3. The third-order valence-corrected chi connectivity index (χ3v) is 12.7. The lowest BCUT2D eigenvalue weighted by molar-refractivity contribution is -0.166. The molecule has 0 aliphatic carbocycles. The van der Waals surface area contributed by atoms with Gasteiger partial charge in [-0.25, -0.2) is 0 Å². The van der Waals surface area contributed by atoms with Crippen molar-refractivity contribution < 1.29 is 28.6 Å². The van der Waals surface area contributed by atoms with Crippen LogP contribution < -0.4 is 0 Å². The Labute approximate surface area is 485 Å². The smallest absolute Gasteiger partial charge is 0.310 e. The van der Waals surface area contributed by atoms with E-state index in [0.717, 1.165) is 135 Å². The van der Waals surface area contributed by atoms with Crippen molar-refractivity contribution in [3.05, 3.63) is 170 Å². The summed E-state index contributed by atoms with van der Waals surface area (Å²) in [7, 11) is 0. The molecule has 0 rings (SSSR count). The Morgan fingerprint density at radius 1 is 0.278 bits per heavy atom. The zero-order valence-corrected chi connectivity index (χ0v) is 50.6. The molecule has 0 aliphatic rings. The fraction of sp³-hybridized carbons (Fsp3) is 0.575. The van der Waals surface area contributed by atoms with Crippen LogP contribution in [0.3, 0.4) is 0 Å². The van der Waals surface area contributed by atoms with Gasteiger partial charge in [-0.15, -0.1) is 0 Å². The second kappa shape index (κ2) is 65.3. The molecule has 0 saturated carbocycles. The summed E-state index contributed by atoms with van der Waals surface area (Å²) in [6.07, 6.45) is 96.7. The molecule has 79 heavy (non-hydrogen) atoms. The maximum Gasteiger partial charge on any atom is 0.310 e. The second-order valence-corrected chi connectivity index (χ2v) is 20.2. The first-order valence-electron chi connectivity index (χ1n) is 31.6. The van der Waals surface area contributed by atoms with Gasteiger partial charge in [0.1, 0.15) is 13.2 Å². The first-order valence-corrected chi connectivity index (χ1v) is 31.6. The highest BCUT2D eigenvalue weighted by Crippen LogP contribution is 2.14. The van der Waals surface area contributed by atoms with E-state index >= 15 is 0 Å². The van der Waals surface area contributed by atoms with Crippen LogP contribution in [-0.2, 0) is 28.6 Å². The summed E-state index contributed by atoms with van der Waals surface area (Å²) in [6, 6.07) is 0. The van der Waals surface area contributed by atoms with Crippen molar-refractivity contribution in [2.75, 3.05) is 13.2 Å². The summed E-state index contributed by atoms with van der Waals surface area (Å²) in [5.41, 5.74) is 0. The average molecular weight is 1090 g/mol. The molecule has 0 saturated heterocycles. The largest absolute Gasteiger partial charge is 0.462 e. The van der Waals surface area contributed by atoms with Crippen molar-refractivity contribution in [3.63, 3.8) is 0 Å². The second-order valence-electron chi connectivity index (χ2n) is 20.2. The van der Waals surface area contributed by atoms with E-state index in [-0.39, 0.29) is 31.6 Å². The minimum Gasteiger partial charge on any atom is -0.462 e. The number of ether oxygens (including phenoxy) is 3. The van der Waals surface area contributed by atoms with Gasteiger partial charge in [0.25, 0.3) is 0 Å². The monoisotopic (exact) mass is 1090 g/mol. The molecule has 0 fully saturated rings. The number of carbonyl (C=O) groups excluding carboxylic acids is 3. The van der Waals surface area contributed by atoms with E-state index in [4.69, 9.17) is 14.2 Å². The van der Waals surface area contributed by atoms with Gasteiger partial charge in [0.05, 0.1) is 6.42 Å². The Morgan fingerprint density at radius 2 is 0.532 bits per heavy atom. The Hall–Kier alpha value is -5.23. The Balaban J connectivity index is 4.36. The quantitative estimate of drug-likeness (QED) is 0.0261. The van der Waals surface area contributed by atoms with Gasteiger partial charge in [0, 0.05) is 12.8 Å². The first-order chi connectivity index (χ1) is 39.0. The van der Waals surface area contributed by atoms with E-state index in [9.17, 15) is 14.4 Å². The molecule has 0 spiro atoms. The molecule has 0 aromatic heterocycles. The van der Waals surface area contributed by atoms with Crippen molar-refractivity contribution in [1.82, 2.24) is 0 Å². The fourth-order valence-electron chi connectivity index (χ4n) is 8.06. The molecule has 0 bridgehead atoms. The van der Waals surface area contributed by atoms with Crippen LogP contribution in [0.1, 0.15) is 252 Å². The standard InChI is InChI=1S/C73H114O6/c1-4-7-10-13-16-19-22-25-27-28-29-30-31-32-33-34-35-36-37-38-39-40-41-42-43-44-46-48-51-54-57-60-63-66-72(75)78-69-70(68-77-71(74)65-62-59-56-53-50-47-24-21-18-15-12-9-6-3)79-73(76)67-64-61-58-55-52-49-45-26-23-20-17-14-11-8-5-2/h7-8,10-11,16-17,19-21,24-27,29-30,32-33,35-36,38-39,41-42,45,52,55,61,64,70H,4-6,9,12-15,18,22-23,28,31,34,37,40,43-44,46-51,53-54,56-60,62-63,65-69H2,1-3H3/b10-7-,11-8-,19-16-,20-17-,24-21-,27-25-,30-29-,33-32-,36-35-,39-38-,42-41-,45-26-,55-52-,64-61-. The SMILES string of the molecule is CC/C=C\C/C=C\C/C=C\C/C=C\C/C=C\C/C=C\C/C=C\C/C=C\CCCCCCCCCCC(=O)OCC(COC(=O)CCCCCCC/C=C\CCCCCC)OC(=O)C/C=C\C/C=C\C/C=C\C/C=C\C/C=C\CC. The van der Waals surface area contributed by atoms with E-state index in [1.54, 1.807) is 6.08 Å². The van der Waals surface area contributed by atoms with Crippen LogP contribution in [0.15, 0.2) is 170 Å². The summed E-state index contributed by atoms with van der Waals surface area (Å²) in [5.74, 6) is -1.08. The van der Waals surface area contributed by atoms with Crippen LogP contribution in [0, 0.1) is 0 Å².